The average molecular weight is 493 g/mol. The van der Waals surface area contributed by atoms with Gasteiger partial charge in [-0.15, -0.1) is 0 Å². The molecule has 4 bridgehead atoms. The lowest BCUT2D eigenvalue weighted by Crippen LogP contribution is -2.58. The number of benzene rings is 1. The summed E-state index contributed by atoms with van der Waals surface area (Å²) in [5, 5.41) is 4.06. The standard InChI is InChI=1S/C28H36N4O4/c1-35-23-7-5-22(6-8-23)26-29-24(36-30-26)3-2-4-25(33)31-9-11-32(12-10-31)27(34)28-16-19-13-20(17-28)15-21(14-19)18-28/h5-8,19-21H,2-4,9-18H2,1H3. The van der Waals surface area contributed by atoms with Crippen molar-refractivity contribution in [2.45, 2.75) is 57.8 Å². The molecule has 4 saturated carbocycles. The molecule has 2 amide bonds. The lowest BCUT2D eigenvalue weighted by Gasteiger charge is -2.57. The lowest BCUT2D eigenvalue weighted by atomic mass is 9.49. The van der Waals surface area contributed by atoms with E-state index < -0.39 is 0 Å². The Kier molecular flexibility index (Phi) is 6.21. The van der Waals surface area contributed by atoms with Crippen molar-refractivity contribution < 1.29 is 18.8 Å². The molecule has 5 aliphatic rings. The summed E-state index contributed by atoms with van der Waals surface area (Å²) in [6.07, 6.45) is 9.04. The van der Waals surface area contributed by atoms with Gasteiger partial charge in [-0.25, -0.2) is 0 Å². The van der Waals surface area contributed by atoms with Gasteiger partial charge in [0, 0.05) is 44.6 Å². The average Bonchev–Trinajstić information content (AvgIpc) is 3.36. The number of aryl methyl sites for hydroxylation is 1. The minimum atomic E-state index is -0.0876. The second-order valence-electron chi connectivity index (χ2n) is 11.5. The van der Waals surface area contributed by atoms with Crippen molar-refractivity contribution in [3.63, 3.8) is 0 Å². The van der Waals surface area contributed by atoms with E-state index in [2.05, 4.69) is 15.0 Å². The van der Waals surface area contributed by atoms with Crippen molar-refractivity contribution in [2.75, 3.05) is 33.3 Å². The Morgan fingerprint density at radius 3 is 2.19 bits per heavy atom. The van der Waals surface area contributed by atoms with Gasteiger partial charge in [0.25, 0.3) is 0 Å². The monoisotopic (exact) mass is 492 g/mol. The van der Waals surface area contributed by atoms with E-state index in [1.54, 1.807) is 7.11 Å². The van der Waals surface area contributed by atoms with Crippen LogP contribution in [0.2, 0.25) is 0 Å². The number of methoxy groups -OCH3 is 1. The van der Waals surface area contributed by atoms with Crippen LogP contribution in [0.4, 0.5) is 0 Å². The minimum absolute atomic E-state index is 0.0876. The molecule has 36 heavy (non-hydrogen) atoms. The van der Waals surface area contributed by atoms with Gasteiger partial charge in [0.1, 0.15) is 5.75 Å². The van der Waals surface area contributed by atoms with Crippen LogP contribution < -0.4 is 4.74 Å². The number of hydrogen-bond acceptors (Lipinski definition) is 6. The Labute approximate surface area is 212 Å². The summed E-state index contributed by atoms with van der Waals surface area (Å²) >= 11 is 0. The van der Waals surface area contributed by atoms with Crippen LogP contribution >= 0.6 is 0 Å². The first-order valence-electron chi connectivity index (χ1n) is 13.6. The van der Waals surface area contributed by atoms with Crippen LogP contribution in [0, 0.1) is 23.2 Å². The smallest absolute Gasteiger partial charge is 0.228 e. The molecule has 7 rings (SSSR count). The molecule has 2 aromatic rings. The first-order chi connectivity index (χ1) is 17.5. The molecule has 1 aromatic heterocycles. The Morgan fingerprint density at radius 2 is 1.58 bits per heavy atom. The van der Waals surface area contributed by atoms with Crippen molar-refractivity contribution in [2.24, 2.45) is 23.2 Å². The zero-order chi connectivity index (χ0) is 24.7. The maximum Gasteiger partial charge on any atom is 0.228 e. The van der Waals surface area contributed by atoms with E-state index in [4.69, 9.17) is 9.26 Å². The molecule has 0 N–H and O–H groups in total. The number of amides is 2. The number of hydrogen-bond donors (Lipinski definition) is 0. The maximum atomic E-state index is 13.6. The predicted molar refractivity (Wildman–Crippen MR) is 133 cm³/mol. The molecule has 1 aromatic carbocycles. The second kappa shape index (κ2) is 9.52. The number of carbonyl (C=O) groups is 2. The van der Waals surface area contributed by atoms with Crippen molar-refractivity contribution in [3.05, 3.63) is 30.2 Å². The van der Waals surface area contributed by atoms with Crippen LogP contribution in [0.5, 0.6) is 5.75 Å². The summed E-state index contributed by atoms with van der Waals surface area (Å²) < 4.78 is 10.6. The summed E-state index contributed by atoms with van der Waals surface area (Å²) in [5.74, 6) is 4.71. The first-order valence-corrected chi connectivity index (χ1v) is 13.6. The van der Waals surface area contributed by atoms with E-state index in [-0.39, 0.29) is 11.3 Å². The lowest BCUT2D eigenvalue weighted by molar-refractivity contribution is -0.160. The van der Waals surface area contributed by atoms with E-state index in [0.717, 1.165) is 48.3 Å². The van der Waals surface area contributed by atoms with Gasteiger partial charge >= 0.3 is 0 Å². The topological polar surface area (TPSA) is 88.8 Å². The third-order valence-corrected chi connectivity index (χ3v) is 9.01. The van der Waals surface area contributed by atoms with E-state index >= 15 is 0 Å². The van der Waals surface area contributed by atoms with E-state index in [0.29, 0.717) is 63.1 Å². The molecule has 8 heteroatoms. The fraction of sp³-hybridized carbons (Fsp3) is 0.643. The van der Waals surface area contributed by atoms with Gasteiger partial charge in [0.15, 0.2) is 0 Å². The van der Waals surface area contributed by atoms with Gasteiger partial charge in [-0.3, -0.25) is 9.59 Å². The largest absolute Gasteiger partial charge is 0.497 e. The van der Waals surface area contributed by atoms with Gasteiger partial charge in [-0.2, -0.15) is 4.98 Å². The first kappa shape index (κ1) is 23.5. The van der Waals surface area contributed by atoms with Crippen molar-refractivity contribution in [1.82, 2.24) is 19.9 Å². The molecule has 2 heterocycles. The van der Waals surface area contributed by atoms with Gasteiger partial charge in [-0.1, -0.05) is 5.16 Å². The molecular formula is C28H36N4O4. The van der Waals surface area contributed by atoms with Gasteiger partial charge in [0.2, 0.25) is 23.5 Å². The highest BCUT2D eigenvalue weighted by atomic mass is 16.5. The Hall–Kier alpha value is -2.90. The normalized spacial score (nSPS) is 29.0. The quantitative estimate of drug-likeness (QED) is 0.581. The highest BCUT2D eigenvalue weighted by Gasteiger charge is 2.55. The SMILES string of the molecule is COc1ccc(-c2noc(CCCC(=O)N3CCN(C(=O)C45CC6CC(CC(C6)C4)C5)CC3)n2)cc1. The van der Waals surface area contributed by atoms with Gasteiger partial charge in [-0.05, 0) is 87.0 Å². The summed E-state index contributed by atoms with van der Waals surface area (Å²) in [6.45, 7) is 2.61. The zero-order valence-electron chi connectivity index (χ0n) is 21.2. The molecule has 0 spiro atoms. The summed E-state index contributed by atoms with van der Waals surface area (Å²) in [6, 6.07) is 7.51. The molecule has 5 fully saturated rings. The molecule has 4 aliphatic carbocycles. The van der Waals surface area contributed by atoms with Crippen LogP contribution in [0.15, 0.2) is 28.8 Å². The molecule has 0 radical (unpaired) electrons. The maximum absolute atomic E-state index is 13.6. The summed E-state index contributed by atoms with van der Waals surface area (Å²) in [4.78, 5) is 34.9. The van der Waals surface area contributed by atoms with Crippen LogP contribution in [0.25, 0.3) is 11.4 Å². The summed E-state index contributed by atoms with van der Waals surface area (Å²) in [7, 11) is 1.63. The predicted octanol–water partition coefficient (Wildman–Crippen LogP) is 3.96. The summed E-state index contributed by atoms with van der Waals surface area (Å²) in [5.41, 5.74) is 0.776. The van der Waals surface area contributed by atoms with E-state index in [1.165, 1.54) is 19.3 Å². The molecule has 1 aliphatic heterocycles. The highest BCUT2D eigenvalue weighted by molar-refractivity contribution is 5.84. The van der Waals surface area contributed by atoms with Crippen molar-refractivity contribution >= 4 is 11.8 Å². The Bertz CT molecular complexity index is 1070. The van der Waals surface area contributed by atoms with Gasteiger partial charge < -0.3 is 19.1 Å². The molecule has 0 unspecified atom stereocenters. The van der Waals surface area contributed by atoms with Crippen LogP contribution in [-0.2, 0) is 16.0 Å². The highest BCUT2D eigenvalue weighted by Crippen LogP contribution is 2.60. The van der Waals surface area contributed by atoms with Crippen LogP contribution in [0.3, 0.4) is 0 Å². The molecular weight excluding hydrogens is 456 g/mol. The van der Waals surface area contributed by atoms with E-state index in [9.17, 15) is 9.59 Å². The van der Waals surface area contributed by atoms with Gasteiger partial charge in [0.05, 0.1) is 12.5 Å². The zero-order valence-corrected chi connectivity index (χ0v) is 21.2. The minimum Gasteiger partial charge on any atom is -0.497 e. The number of piperazine rings is 1. The molecule has 192 valence electrons. The van der Waals surface area contributed by atoms with E-state index in [1.807, 2.05) is 29.2 Å². The second-order valence-corrected chi connectivity index (χ2v) is 11.5. The number of rotatable bonds is 7. The third kappa shape index (κ3) is 4.50. The number of ether oxygens (including phenoxy) is 1. The Balaban J connectivity index is 0.960. The molecule has 8 nitrogen and oxygen atoms in total. The van der Waals surface area contributed by atoms with Crippen LogP contribution in [0.1, 0.15) is 57.3 Å². The molecule has 1 saturated heterocycles. The van der Waals surface area contributed by atoms with Crippen molar-refractivity contribution in [1.29, 1.82) is 0 Å². The Morgan fingerprint density at radius 1 is 0.972 bits per heavy atom. The van der Waals surface area contributed by atoms with Crippen LogP contribution in [-0.4, -0.2) is 65.0 Å². The number of carbonyl (C=O) groups excluding carboxylic acids is 2. The fourth-order valence-electron chi connectivity index (χ4n) is 7.63. The molecule has 0 atom stereocenters. The fourth-order valence-corrected chi connectivity index (χ4v) is 7.63. The number of aromatic nitrogens is 2. The number of nitrogens with zero attached hydrogens (tertiary/aromatic N) is 4. The van der Waals surface area contributed by atoms with Crippen molar-refractivity contribution in [3.8, 4) is 17.1 Å². The third-order valence-electron chi connectivity index (χ3n) is 9.01.